The fraction of sp³-hybridized carbons (Fsp3) is 0.333. The van der Waals surface area contributed by atoms with Crippen LogP contribution in [0.5, 0.6) is 5.75 Å². The maximum Gasteiger partial charge on any atom is 0.150 e. The summed E-state index contributed by atoms with van der Waals surface area (Å²) in [6, 6.07) is 18.1. The minimum absolute atomic E-state index is 0.0201. The van der Waals surface area contributed by atoms with Crippen molar-refractivity contribution < 1.29 is 13.2 Å². The predicted octanol–water partition coefficient (Wildman–Crippen LogP) is 3.67. The van der Waals surface area contributed by atoms with Crippen LogP contribution >= 0.6 is 0 Å². The lowest BCUT2D eigenvalue weighted by molar-refractivity contribution is 0.341. The highest BCUT2D eigenvalue weighted by Gasteiger charge is 2.09. The number of ether oxygens (including phenoxy) is 1. The van der Waals surface area contributed by atoms with Crippen LogP contribution < -0.4 is 10.1 Å². The number of anilines is 1. The van der Waals surface area contributed by atoms with Gasteiger partial charge in [-0.15, -0.1) is 0 Å². The van der Waals surface area contributed by atoms with E-state index in [9.17, 15) is 8.42 Å². The van der Waals surface area contributed by atoms with Gasteiger partial charge in [0, 0.05) is 18.0 Å². The maximum absolute atomic E-state index is 11.1. The Kier molecular flexibility index (Phi) is 6.04. The standard InChI is InChI=1S/C18H23NO3S/c1-3-18(15-8-5-4-6-9-15)19-16-10-7-11-17(14-16)22-12-13-23(2,20)21/h4-11,14,18-19H,3,12-13H2,1-2H3/t18-/m1/s1. The normalized spacial score (nSPS) is 12.6. The third-order valence-corrected chi connectivity index (χ3v) is 4.42. The lowest BCUT2D eigenvalue weighted by Gasteiger charge is -2.19. The van der Waals surface area contributed by atoms with Crippen LogP contribution in [0.25, 0.3) is 0 Å². The van der Waals surface area contributed by atoms with Gasteiger partial charge in [0.25, 0.3) is 0 Å². The number of nitrogens with one attached hydrogen (secondary N) is 1. The first-order chi connectivity index (χ1) is 11.0. The van der Waals surface area contributed by atoms with Gasteiger partial charge in [-0.25, -0.2) is 8.42 Å². The quantitative estimate of drug-likeness (QED) is 0.801. The van der Waals surface area contributed by atoms with Gasteiger partial charge in [-0.05, 0) is 24.1 Å². The van der Waals surface area contributed by atoms with E-state index in [1.807, 2.05) is 42.5 Å². The van der Waals surface area contributed by atoms with Crippen molar-refractivity contribution in [3.8, 4) is 5.75 Å². The van der Waals surface area contributed by atoms with Crippen molar-refractivity contribution in [1.29, 1.82) is 0 Å². The SMILES string of the molecule is CC[C@@H](Nc1cccc(OCCS(C)(=O)=O)c1)c1ccccc1. The molecule has 0 saturated heterocycles. The minimum atomic E-state index is -3.00. The third kappa shape index (κ3) is 5.94. The zero-order valence-corrected chi connectivity index (χ0v) is 14.3. The molecule has 4 nitrogen and oxygen atoms in total. The van der Waals surface area contributed by atoms with E-state index >= 15 is 0 Å². The molecule has 0 fully saturated rings. The first-order valence-electron chi connectivity index (χ1n) is 7.70. The molecule has 0 spiro atoms. The van der Waals surface area contributed by atoms with Gasteiger partial charge in [0.15, 0.2) is 9.84 Å². The zero-order valence-electron chi connectivity index (χ0n) is 13.5. The molecule has 5 heteroatoms. The molecule has 1 N–H and O–H groups in total. The van der Waals surface area contributed by atoms with Crippen LogP contribution in [-0.2, 0) is 9.84 Å². The van der Waals surface area contributed by atoms with Gasteiger partial charge in [-0.1, -0.05) is 43.3 Å². The number of rotatable bonds is 8. The van der Waals surface area contributed by atoms with Crippen LogP contribution in [0, 0.1) is 0 Å². The average Bonchev–Trinajstić information content (AvgIpc) is 2.53. The highest BCUT2D eigenvalue weighted by atomic mass is 32.2. The Morgan fingerprint density at radius 2 is 1.83 bits per heavy atom. The molecule has 0 amide bonds. The molecule has 0 aliphatic heterocycles. The predicted molar refractivity (Wildman–Crippen MR) is 94.7 cm³/mol. The average molecular weight is 333 g/mol. The summed E-state index contributed by atoms with van der Waals surface area (Å²) in [5.74, 6) is 0.688. The van der Waals surface area contributed by atoms with E-state index in [1.54, 1.807) is 0 Å². The Labute approximate surface area is 138 Å². The van der Waals surface area contributed by atoms with E-state index in [2.05, 4.69) is 24.4 Å². The lowest BCUT2D eigenvalue weighted by atomic mass is 10.0. The van der Waals surface area contributed by atoms with Crippen molar-refractivity contribution in [2.45, 2.75) is 19.4 Å². The molecule has 0 bridgehead atoms. The first-order valence-corrected chi connectivity index (χ1v) is 9.76. The summed E-state index contributed by atoms with van der Waals surface area (Å²) in [7, 11) is -3.00. The molecule has 124 valence electrons. The molecule has 0 aliphatic carbocycles. The fourth-order valence-electron chi connectivity index (χ4n) is 2.29. The Balaban J connectivity index is 2.01. The molecular weight excluding hydrogens is 310 g/mol. The number of hydrogen-bond donors (Lipinski definition) is 1. The molecule has 0 saturated carbocycles. The van der Waals surface area contributed by atoms with Crippen LogP contribution in [0.1, 0.15) is 24.9 Å². The second kappa shape index (κ2) is 8.02. The molecule has 23 heavy (non-hydrogen) atoms. The summed E-state index contributed by atoms with van der Waals surface area (Å²) in [5, 5.41) is 3.49. The van der Waals surface area contributed by atoms with E-state index in [1.165, 1.54) is 11.8 Å². The zero-order chi connectivity index (χ0) is 16.7. The van der Waals surface area contributed by atoms with E-state index in [0.717, 1.165) is 12.1 Å². The summed E-state index contributed by atoms with van der Waals surface area (Å²) in [6.45, 7) is 2.30. The lowest BCUT2D eigenvalue weighted by Crippen LogP contribution is -2.12. The highest BCUT2D eigenvalue weighted by molar-refractivity contribution is 7.90. The van der Waals surface area contributed by atoms with Crippen molar-refractivity contribution in [3.63, 3.8) is 0 Å². The second-order valence-corrected chi connectivity index (χ2v) is 7.78. The summed E-state index contributed by atoms with van der Waals surface area (Å²) < 4.78 is 27.8. The Morgan fingerprint density at radius 1 is 1.09 bits per heavy atom. The van der Waals surface area contributed by atoms with Gasteiger partial charge >= 0.3 is 0 Å². The van der Waals surface area contributed by atoms with Gasteiger partial charge in [-0.2, -0.15) is 0 Å². The van der Waals surface area contributed by atoms with Crippen molar-refractivity contribution in [2.75, 3.05) is 23.9 Å². The van der Waals surface area contributed by atoms with Crippen molar-refractivity contribution in [2.24, 2.45) is 0 Å². The summed E-state index contributed by atoms with van der Waals surface area (Å²) in [5.41, 5.74) is 2.19. The topological polar surface area (TPSA) is 55.4 Å². The molecule has 2 aromatic carbocycles. The molecule has 2 rings (SSSR count). The van der Waals surface area contributed by atoms with Gasteiger partial charge in [0.1, 0.15) is 12.4 Å². The molecule has 0 unspecified atom stereocenters. The molecule has 2 aromatic rings. The summed E-state index contributed by atoms with van der Waals surface area (Å²) in [4.78, 5) is 0. The number of hydrogen-bond acceptors (Lipinski definition) is 4. The van der Waals surface area contributed by atoms with Crippen molar-refractivity contribution >= 4 is 15.5 Å². The third-order valence-electron chi connectivity index (χ3n) is 3.51. The highest BCUT2D eigenvalue weighted by Crippen LogP contribution is 2.25. The van der Waals surface area contributed by atoms with E-state index in [-0.39, 0.29) is 18.4 Å². The van der Waals surface area contributed by atoms with Crippen molar-refractivity contribution in [1.82, 2.24) is 0 Å². The Bertz CT molecular complexity index is 714. The van der Waals surface area contributed by atoms with E-state index < -0.39 is 9.84 Å². The van der Waals surface area contributed by atoms with Gasteiger partial charge < -0.3 is 10.1 Å². The van der Waals surface area contributed by atoms with Gasteiger partial charge in [0.05, 0.1) is 11.8 Å². The van der Waals surface area contributed by atoms with Crippen LogP contribution in [0.3, 0.4) is 0 Å². The van der Waals surface area contributed by atoms with Crippen molar-refractivity contribution in [3.05, 3.63) is 60.2 Å². The van der Waals surface area contributed by atoms with E-state index in [4.69, 9.17) is 4.74 Å². The van der Waals surface area contributed by atoms with Crippen LogP contribution in [0.15, 0.2) is 54.6 Å². The largest absolute Gasteiger partial charge is 0.492 e. The summed E-state index contributed by atoms with van der Waals surface area (Å²) in [6.07, 6.45) is 2.17. The smallest absolute Gasteiger partial charge is 0.150 e. The molecule has 0 radical (unpaired) electrons. The minimum Gasteiger partial charge on any atom is -0.492 e. The van der Waals surface area contributed by atoms with Crippen LogP contribution in [0.2, 0.25) is 0 Å². The maximum atomic E-state index is 11.1. The molecule has 0 aliphatic rings. The van der Waals surface area contributed by atoms with Gasteiger partial charge in [-0.3, -0.25) is 0 Å². The fourth-order valence-corrected chi connectivity index (χ4v) is 2.68. The van der Waals surface area contributed by atoms with Crippen LogP contribution in [-0.4, -0.2) is 27.0 Å². The molecule has 1 atom stereocenters. The monoisotopic (exact) mass is 333 g/mol. The number of sulfone groups is 1. The molecule has 0 heterocycles. The molecular formula is C18H23NO3S. The Morgan fingerprint density at radius 3 is 2.48 bits per heavy atom. The Hall–Kier alpha value is -2.01. The summed E-state index contributed by atoms with van der Waals surface area (Å²) >= 11 is 0. The second-order valence-electron chi connectivity index (χ2n) is 5.52. The van der Waals surface area contributed by atoms with Crippen LogP contribution in [0.4, 0.5) is 5.69 Å². The van der Waals surface area contributed by atoms with Gasteiger partial charge in [0.2, 0.25) is 0 Å². The van der Waals surface area contributed by atoms with E-state index in [0.29, 0.717) is 5.75 Å². The molecule has 0 aromatic heterocycles. The number of benzene rings is 2. The first kappa shape index (κ1) is 17.3.